The predicted molar refractivity (Wildman–Crippen MR) is 80.0 cm³/mol. The third-order valence-electron chi connectivity index (χ3n) is 2.63. The first kappa shape index (κ1) is 14.3. The second-order valence-electron chi connectivity index (χ2n) is 4.03. The van der Waals surface area contributed by atoms with Crippen LogP contribution in [-0.2, 0) is 6.42 Å². The van der Waals surface area contributed by atoms with E-state index in [1.807, 2.05) is 12.1 Å². The van der Waals surface area contributed by atoms with Gasteiger partial charge in [0.15, 0.2) is 0 Å². The van der Waals surface area contributed by atoms with Gasteiger partial charge < -0.3 is 11.1 Å². The molecule has 102 valence electrons. The van der Waals surface area contributed by atoms with Crippen LogP contribution in [0, 0.1) is 0 Å². The van der Waals surface area contributed by atoms with Crippen molar-refractivity contribution < 1.29 is 8.78 Å². The lowest BCUT2D eigenvalue weighted by molar-refractivity contribution is 0.152. The quantitative estimate of drug-likeness (QED) is 0.771. The zero-order valence-corrected chi connectivity index (χ0v) is 12.4. The Morgan fingerprint density at radius 2 is 2.05 bits per heavy atom. The number of hydrogen-bond donors (Lipinski definition) is 2. The molecule has 0 fully saturated rings. The number of alkyl halides is 2. The number of nitrogens with two attached hydrogens (primary N) is 1. The third-order valence-corrected chi connectivity index (χ3v) is 4.31. The highest BCUT2D eigenvalue weighted by Gasteiger charge is 2.13. The summed E-state index contributed by atoms with van der Waals surface area (Å²) in [4.78, 5) is 1.20. The van der Waals surface area contributed by atoms with Crippen LogP contribution in [0.15, 0.2) is 34.1 Å². The summed E-state index contributed by atoms with van der Waals surface area (Å²) in [5.74, 6) is 0. The molecule has 1 aromatic carbocycles. The van der Waals surface area contributed by atoms with Gasteiger partial charge in [-0.15, -0.1) is 11.3 Å². The van der Waals surface area contributed by atoms with E-state index in [0.29, 0.717) is 17.9 Å². The zero-order chi connectivity index (χ0) is 13.8. The number of halogens is 3. The van der Waals surface area contributed by atoms with Gasteiger partial charge in [-0.2, -0.15) is 0 Å². The maximum atomic E-state index is 12.9. The molecule has 6 heteroatoms. The average molecular weight is 347 g/mol. The topological polar surface area (TPSA) is 38.0 Å². The molecule has 2 aromatic rings. The summed E-state index contributed by atoms with van der Waals surface area (Å²) in [7, 11) is 0. The molecule has 0 atom stereocenters. The smallest absolute Gasteiger partial charge is 0.265 e. The summed E-state index contributed by atoms with van der Waals surface area (Å²) in [5, 5.41) is 3.04. The van der Waals surface area contributed by atoms with E-state index in [1.165, 1.54) is 10.9 Å². The Kier molecular flexibility index (Phi) is 4.76. The van der Waals surface area contributed by atoms with Gasteiger partial charge in [-0.1, -0.05) is 0 Å². The molecule has 0 saturated carbocycles. The van der Waals surface area contributed by atoms with Gasteiger partial charge in [0.2, 0.25) is 0 Å². The molecule has 0 saturated heterocycles. The largest absolute Gasteiger partial charge is 0.399 e. The molecule has 0 radical (unpaired) electrons. The number of nitrogens with one attached hydrogen (secondary N) is 1. The first-order chi connectivity index (χ1) is 9.06. The molecular weight excluding hydrogens is 334 g/mol. The van der Waals surface area contributed by atoms with Crippen LogP contribution in [0.3, 0.4) is 0 Å². The number of thiophene rings is 1. The Balaban J connectivity index is 1.99. The lowest BCUT2D eigenvalue weighted by atomic mass is 10.1. The standard InChI is InChI=1S/C13H13BrF2N2S/c14-12-4-2-9(19-12)5-6-18-11-3-1-8(17)7-10(11)13(15)16/h1-4,7,13,18H,5-6,17H2. The van der Waals surface area contributed by atoms with Crippen molar-refractivity contribution in [3.05, 3.63) is 44.6 Å². The van der Waals surface area contributed by atoms with E-state index in [4.69, 9.17) is 5.73 Å². The summed E-state index contributed by atoms with van der Waals surface area (Å²) in [6.07, 6.45) is -1.73. The SMILES string of the molecule is Nc1ccc(NCCc2ccc(Br)s2)c(C(F)F)c1. The number of nitrogen functional groups attached to an aromatic ring is 1. The van der Waals surface area contributed by atoms with E-state index >= 15 is 0 Å². The Hall–Kier alpha value is -1.14. The predicted octanol–water partition coefficient (Wildman–Crippen LogP) is 4.69. The molecule has 0 bridgehead atoms. The maximum Gasteiger partial charge on any atom is 0.265 e. The Labute approximate surface area is 122 Å². The van der Waals surface area contributed by atoms with E-state index < -0.39 is 6.43 Å². The summed E-state index contributed by atoms with van der Waals surface area (Å²) >= 11 is 5.04. The van der Waals surface area contributed by atoms with Crippen LogP contribution in [0.1, 0.15) is 16.9 Å². The number of anilines is 2. The summed E-state index contributed by atoms with van der Waals surface area (Å²) in [5.41, 5.74) is 6.27. The van der Waals surface area contributed by atoms with Gasteiger partial charge in [-0.3, -0.25) is 0 Å². The highest BCUT2D eigenvalue weighted by molar-refractivity contribution is 9.11. The molecule has 2 nitrogen and oxygen atoms in total. The van der Waals surface area contributed by atoms with Gasteiger partial charge in [-0.05, 0) is 52.7 Å². The maximum absolute atomic E-state index is 12.9. The van der Waals surface area contributed by atoms with Crippen molar-refractivity contribution in [3.63, 3.8) is 0 Å². The fraction of sp³-hybridized carbons (Fsp3) is 0.231. The minimum atomic E-state index is -2.53. The van der Waals surface area contributed by atoms with Crippen molar-refractivity contribution >= 4 is 38.6 Å². The number of rotatable bonds is 5. The molecule has 1 heterocycles. The fourth-order valence-corrected chi connectivity index (χ4v) is 3.21. The first-order valence-electron chi connectivity index (χ1n) is 5.72. The molecule has 0 aliphatic heterocycles. The van der Waals surface area contributed by atoms with Crippen molar-refractivity contribution in [2.24, 2.45) is 0 Å². The van der Waals surface area contributed by atoms with Gasteiger partial charge in [0, 0.05) is 28.4 Å². The molecule has 0 spiro atoms. The fourth-order valence-electron chi connectivity index (χ4n) is 1.73. The van der Waals surface area contributed by atoms with E-state index in [2.05, 4.69) is 21.2 Å². The second kappa shape index (κ2) is 6.34. The normalized spacial score (nSPS) is 10.9. The van der Waals surface area contributed by atoms with Gasteiger partial charge in [0.1, 0.15) is 0 Å². The second-order valence-corrected chi connectivity index (χ2v) is 6.58. The van der Waals surface area contributed by atoms with Crippen LogP contribution in [0.4, 0.5) is 20.2 Å². The van der Waals surface area contributed by atoms with Gasteiger partial charge >= 0.3 is 0 Å². The molecule has 0 unspecified atom stereocenters. The van der Waals surface area contributed by atoms with Crippen molar-refractivity contribution in [1.82, 2.24) is 0 Å². The van der Waals surface area contributed by atoms with Gasteiger partial charge in [0.25, 0.3) is 6.43 Å². The van der Waals surface area contributed by atoms with Crippen LogP contribution in [0.25, 0.3) is 0 Å². The number of benzene rings is 1. The van der Waals surface area contributed by atoms with Crippen molar-refractivity contribution in [2.75, 3.05) is 17.6 Å². The lowest BCUT2D eigenvalue weighted by Crippen LogP contribution is -2.07. The van der Waals surface area contributed by atoms with Gasteiger partial charge in [0.05, 0.1) is 3.79 Å². The van der Waals surface area contributed by atoms with Gasteiger partial charge in [-0.25, -0.2) is 8.78 Å². The summed E-state index contributed by atoms with van der Waals surface area (Å²) in [6, 6.07) is 8.53. The third kappa shape index (κ3) is 3.91. The minimum Gasteiger partial charge on any atom is -0.399 e. The molecule has 1 aromatic heterocycles. The lowest BCUT2D eigenvalue weighted by Gasteiger charge is -2.12. The Bertz CT molecular complexity index is 557. The molecule has 0 aliphatic rings. The zero-order valence-electron chi connectivity index (χ0n) is 10.00. The van der Waals surface area contributed by atoms with Crippen LogP contribution >= 0.6 is 27.3 Å². The van der Waals surface area contributed by atoms with E-state index in [1.54, 1.807) is 23.5 Å². The Morgan fingerprint density at radius 3 is 2.68 bits per heavy atom. The van der Waals surface area contributed by atoms with E-state index in [9.17, 15) is 8.78 Å². The highest BCUT2D eigenvalue weighted by atomic mass is 79.9. The van der Waals surface area contributed by atoms with Crippen LogP contribution in [-0.4, -0.2) is 6.54 Å². The Morgan fingerprint density at radius 1 is 1.26 bits per heavy atom. The van der Waals surface area contributed by atoms with Crippen LogP contribution < -0.4 is 11.1 Å². The van der Waals surface area contributed by atoms with Crippen LogP contribution in [0.2, 0.25) is 0 Å². The highest BCUT2D eigenvalue weighted by Crippen LogP contribution is 2.29. The molecule has 2 rings (SSSR count). The summed E-state index contributed by atoms with van der Waals surface area (Å²) in [6.45, 7) is 0.608. The minimum absolute atomic E-state index is 0.0487. The molecule has 0 aliphatic carbocycles. The number of hydrogen-bond acceptors (Lipinski definition) is 3. The monoisotopic (exact) mass is 346 g/mol. The van der Waals surface area contributed by atoms with E-state index in [-0.39, 0.29) is 5.56 Å². The molecule has 3 N–H and O–H groups in total. The summed E-state index contributed by atoms with van der Waals surface area (Å²) < 4.78 is 26.8. The van der Waals surface area contributed by atoms with Crippen molar-refractivity contribution in [1.29, 1.82) is 0 Å². The van der Waals surface area contributed by atoms with Crippen LogP contribution in [0.5, 0.6) is 0 Å². The van der Waals surface area contributed by atoms with E-state index in [0.717, 1.165) is 10.2 Å². The molecular formula is C13H13BrF2N2S. The first-order valence-corrected chi connectivity index (χ1v) is 7.33. The van der Waals surface area contributed by atoms with Crippen molar-refractivity contribution in [2.45, 2.75) is 12.8 Å². The average Bonchev–Trinajstić information content (AvgIpc) is 2.77. The molecule has 0 amide bonds. The van der Waals surface area contributed by atoms with Crippen molar-refractivity contribution in [3.8, 4) is 0 Å². The molecule has 19 heavy (non-hydrogen) atoms.